The van der Waals surface area contributed by atoms with E-state index in [0.29, 0.717) is 18.7 Å². The second-order valence-electron chi connectivity index (χ2n) is 5.08. The predicted octanol–water partition coefficient (Wildman–Crippen LogP) is 1.54. The molecule has 0 unspecified atom stereocenters. The topological polar surface area (TPSA) is 84.5 Å². The van der Waals surface area contributed by atoms with Crippen molar-refractivity contribution in [3.63, 3.8) is 0 Å². The number of rotatable bonds is 8. The van der Waals surface area contributed by atoms with Gasteiger partial charge in [0.05, 0.1) is 11.5 Å². The molecule has 2 aromatic carbocycles. The van der Waals surface area contributed by atoms with Crippen LogP contribution in [0, 0.1) is 0 Å². The maximum atomic E-state index is 12.1. The van der Waals surface area contributed by atoms with E-state index < -0.39 is 10.0 Å². The smallest absolute Gasteiger partial charge is 0.251 e. The van der Waals surface area contributed by atoms with Crippen molar-refractivity contribution in [2.45, 2.75) is 11.4 Å². The summed E-state index contributed by atoms with van der Waals surface area (Å²) >= 11 is 0. The largest absolute Gasteiger partial charge is 0.383 e. The minimum absolute atomic E-state index is 0.109. The lowest BCUT2D eigenvalue weighted by atomic mass is 10.2. The van der Waals surface area contributed by atoms with E-state index in [1.54, 1.807) is 0 Å². The molecule has 2 rings (SSSR count). The summed E-state index contributed by atoms with van der Waals surface area (Å²) in [6, 6.07) is 15.3. The molecule has 0 saturated carbocycles. The highest BCUT2D eigenvalue weighted by molar-refractivity contribution is 7.89. The van der Waals surface area contributed by atoms with Crippen LogP contribution < -0.4 is 10.0 Å². The van der Waals surface area contributed by atoms with Crippen LogP contribution in [-0.4, -0.2) is 34.6 Å². The van der Waals surface area contributed by atoms with E-state index in [1.165, 1.54) is 31.4 Å². The van der Waals surface area contributed by atoms with Gasteiger partial charge in [0.25, 0.3) is 5.91 Å². The first-order chi connectivity index (χ1) is 11.5. The van der Waals surface area contributed by atoms with Gasteiger partial charge < -0.3 is 10.1 Å². The Labute approximate surface area is 141 Å². The highest BCUT2D eigenvalue weighted by atomic mass is 32.2. The van der Waals surface area contributed by atoms with Crippen molar-refractivity contribution in [2.75, 3.05) is 20.3 Å². The minimum atomic E-state index is -3.59. The van der Waals surface area contributed by atoms with Crippen molar-refractivity contribution in [1.82, 2.24) is 10.0 Å². The van der Waals surface area contributed by atoms with Gasteiger partial charge in [-0.1, -0.05) is 30.3 Å². The Bertz CT molecular complexity index is 759. The van der Waals surface area contributed by atoms with Crippen molar-refractivity contribution in [2.24, 2.45) is 0 Å². The Morgan fingerprint density at radius 2 is 1.71 bits per heavy atom. The zero-order valence-electron chi connectivity index (χ0n) is 13.4. The molecule has 7 heteroatoms. The normalized spacial score (nSPS) is 11.2. The van der Waals surface area contributed by atoms with Gasteiger partial charge in [0, 0.05) is 25.8 Å². The molecule has 0 fully saturated rings. The predicted molar refractivity (Wildman–Crippen MR) is 91.1 cm³/mol. The molecule has 0 bridgehead atoms. The van der Waals surface area contributed by atoms with Crippen molar-refractivity contribution in [1.29, 1.82) is 0 Å². The molecule has 0 aliphatic rings. The van der Waals surface area contributed by atoms with Gasteiger partial charge in [-0.25, -0.2) is 13.1 Å². The van der Waals surface area contributed by atoms with Crippen LogP contribution in [0.25, 0.3) is 0 Å². The fourth-order valence-corrected chi connectivity index (χ4v) is 3.04. The number of nitrogens with one attached hydrogen (secondary N) is 2. The average Bonchev–Trinajstić information content (AvgIpc) is 2.61. The SMILES string of the molecule is COCCNS(=O)(=O)c1ccc(C(=O)NCc2ccccc2)cc1. The first kappa shape index (κ1) is 18.1. The van der Waals surface area contributed by atoms with Crippen LogP contribution in [0.4, 0.5) is 0 Å². The molecule has 128 valence electrons. The Morgan fingerprint density at radius 1 is 1.04 bits per heavy atom. The molecule has 0 atom stereocenters. The van der Waals surface area contributed by atoms with Crippen molar-refractivity contribution >= 4 is 15.9 Å². The quantitative estimate of drug-likeness (QED) is 0.709. The first-order valence-corrected chi connectivity index (χ1v) is 8.92. The molecular weight excluding hydrogens is 328 g/mol. The molecule has 0 radical (unpaired) electrons. The van der Waals surface area contributed by atoms with Crippen LogP contribution in [0.5, 0.6) is 0 Å². The maximum absolute atomic E-state index is 12.1. The Morgan fingerprint density at radius 3 is 2.33 bits per heavy atom. The summed E-state index contributed by atoms with van der Waals surface area (Å²) in [5, 5.41) is 2.79. The molecular formula is C17H20N2O4S. The standard InChI is InChI=1S/C17H20N2O4S/c1-23-12-11-19-24(21,22)16-9-7-15(8-10-16)17(20)18-13-14-5-3-2-4-6-14/h2-10,19H,11-13H2,1H3,(H,18,20). The summed E-state index contributed by atoms with van der Waals surface area (Å²) in [6.07, 6.45) is 0. The lowest BCUT2D eigenvalue weighted by Crippen LogP contribution is -2.27. The Balaban J connectivity index is 1.97. The molecule has 0 heterocycles. The highest BCUT2D eigenvalue weighted by Gasteiger charge is 2.14. The van der Waals surface area contributed by atoms with Gasteiger partial charge in [-0.3, -0.25) is 4.79 Å². The second kappa shape index (κ2) is 8.58. The maximum Gasteiger partial charge on any atom is 0.251 e. The van der Waals surface area contributed by atoms with Gasteiger partial charge in [-0.2, -0.15) is 0 Å². The number of ether oxygens (including phenoxy) is 1. The molecule has 0 aromatic heterocycles. The van der Waals surface area contributed by atoms with E-state index in [4.69, 9.17) is 4.74 Å². The first-order valence-electron chi connectivity index (χ1n) is 7.44. The van der Waals surface area contributed by atoms with E-state index in [-0.39, 0.29) is 17.3 Å². The van der Waals surface area contributed by atoms with E-state index in [0.717, 1.165) is 5.56 Å². The minimum Gasteiger partial charge on any atom is -0.383 e. The third kappa shape index (κ3) is 5.16. The average molecular weight is 348 g/mol. The van der Waals surface area contributed by atoms with E-state index in [1.807, 2.05) is 30.3 Å². The van der Waals surface area contributed by atoms with E-state index in [9.17, 15) is 13.2 Å². The molecule has 24 heavy (non-hydrogen) atoms. The number of carbonyl (C=O) groups excluding carboxylic acids is 1. The number of hydrogen-bond acceptors (Lipinski definition) is 4. The number of sulfonamides is 1. The number of hydrogen-bond donors (Lipinski definition) is 2. The van der Waals surface area contributed by atoms with Gasteiger partial charge in [-0.15, -0.1) is 0 Å². The van der Waals surface area contributed by atoms with Crippen LogP contribution in [0.3, 0.4) is 0 Å². The summed E-state index contributed by atoms with van der Waals surface area (Å²) in [7, 11) is -2.09. The molecule has 0 saturated heterocycles. The van der Waals surface area contributed by atoms with Crippen LogP contribution in [0.2, 0.25) is 0 Å². The van der Waals surface area contributed by atoms with Gasteiger partial charge in [0.1, 0.15) is 0 Å². The molecule has 2 N–H and O–H groups in total. The summed E-state index contributed by atoms with van der Waals surface area (Å²) in [5.41, 5.74) is 1.40. The molecule has 0 aliphatic heterocycles. The van der Waals surface area contributed by atoms with Crippen LogP contribution in [0.15, 0.2) is 59.5 Å². The number of methoxy groups -OCH3 is 1. The fraction of sp³-hybridized carbons (Fsp3) is 0.235. The Hall–Kier alpha value is -2.22. The molecule has 0 aliphatic carbocycles. The molecule has 0 spiro atoms. The third-order valence-electron chi connectivity index (χ3n) is 3.32. The van der Waals surface area contributed by atoms with Gasteiger partial charge in [0.15, 0.2) is 0 Å². The lowest BCUT2D eigenvalue weighted by molar-refractivity contribution is 0.0951. The molecule has 6 nitrogen and oxygen atoms in total. The van der Waals surface area contributed by atoms with Crippen LogP contribution in [0.1, 0.15) is 15.9 Å². The molecule has 1 amide bonds. The monoisotopic (exact) mass is 348 g/mol. The van der Waals surface area contributed by atoms with Crippen molar-refractivity contribution < 1.29 is 17.9 Å². The van der Waals surface area contributed by atoms with Crippen molar-refractivity contribution in [3.8, 4) is 0 Å². The summed E-state index contributed by atoms with van der Waals surface area (Å²) in [4.78, 5) is 12.2. The number of amides is 1. The van der Waals surface area contributed by atoms with Gasteiger partial charge in [-0.05, 0) is 29.8 Å². The van der Waals surface area contributed by atoms with Gasteiger partial charge in [0.2, 0.25) is 10.0 Å². The van der Waals surface area contributed by atoms with Crippen LogP contribution in [-0.2, 0) is 21.3 Å². The fourth-order valence-electron chi connectivity index (χ4n) is 2.03. The lowest BCUT2D eigenvalue weighted by Gasteiger charge is -2.08. The Kier molecular flexibility index (Phi) is 6.48. The van der Waals surface area contributed by atoms with E-state index >= 15 is 0 Å². The zero-order valence-corrected chi connectivity index (χ0v) is 14.2. The van der Waals surface area contributed by atoms with Gasteiger partial charge >= 0.3 is 0 Å². The van der Waals surface area contributed by atoms with Crippen molar-refractivity contribution in [3.05, 3.63) is 65.7 Å². The summed E-state index contributed by atoms with van der Waals surface area (Å²) in [6.45, 7) is 0.898. The third-order valence-corrected chi connectivity index (χ3v) is 4.80. The number of carbonyl (C=O) groups is 1. The molecule has 2 aromatic rings. The van der Waals surface area contributed by atoms with E-state index in [2.05, 4.69) is 10.0 Å². The summed E-state index contributed by atoms with van der Waals surface area (Å²) in [5.74, 6) is -0.254. The number of benzene rings is 2. The van der Waals surface area contributed by atoms with Crippen LogP contribution >= 0.6 is 0 Å². The second-order valence-corrected chi connectivity index (χ2v) is 6.85. The highest BCUT2D eigenvalue weighted by Crippen LogP contribution is 2.10. The zero-order chi connectivity index (χ0) is 17.4. The summed E-state index contributed by atoms with van der Waals surface area (Å²) < 4.78 is 31.3.